The van der Waals surface area contributed by atoms with E-state index in [2.05, 4.69) is 4.74 Å². The fourth-order valence-electron chi connectivity index (χ4n) is 3.25. The van der Waals surface area contributed by atoms with Gasteiger partial charge in [0.2, 0.25) is 0 Å². The number of rotatable bonds is 7. The molecule has 0 saturated heterocycles. The van der Waals surface area contributed by atoms with E-state index in [1.165, 1.54) is 13.2 Å². The molecule has 2 rings (SSSR count). The Labute approximate surface area is 151 Å². The van der Waals surface area contributed by atoms with Gasteiger partial charge in [0, 0.05) is 12.0 Å². The third-order valence-electron chi connectivity index (χ3n) is 4.47. The van der Waals surface area contributed by atoms with E-state index in [-0.39, 0.29) is 36.8 Å². The molecule has 1 aliphatic carbocycles. The number of ether oxygens (including phenoxy) is 3. The van der Waals surface area contributed by atoms with Gasteiger partial charge in [-0.3, -0.25) is 14.9 Å². The molecule has 0 unspecified atom stereocenters. The first kappa shape index (κ1) is 19.7. The zero-order valence-electron chi connectivity index (χ0n) is 15.0. The Kier molecular flexibility index (Phi) is 6.94. The molecular weight excluding hydrogens is 342 g/mol. The van der Waals surface area contributed by atoms with Gasteiger partial charge < -0.3 is 14.2 Å². The van der Waals surface area contributed by atoms with E-state index in [1.807, 2.05) is 0 Å². The summed E-state index contributed by atoms with van der Waals surface area (Å²) in [6.07, 6.45) is 3.27. The summed E-state index contributed by atoms with van der Waals surface area (Å²) in [6, 6.07) is 2.94. The van der Waals surface area contributed by atoms with Crippen LogP contribution in [-0.2, 0) is 20.7 Å². The summed E-state index contributed by atoms with van der Waals surface area (Å²) in [5.74, 6) is -0.0914. The van der Waals surface area contributed by atoms with Crippen LogP contribution in [0.25, 0.3) is 0 Å². The molecule has 0 aromatic heterocycles. The Bertz CT molecular complexity index is 680. The van der Waals surface area contributed by atoms with Crippen molar-refractivity contribution in [1.82, 2.24) is 0 Å². The highest BCUT2D eigenvalue weighted by Crippen LogP contribution is 2.42. The SMILES string of the molecule is CCOC(=O)CCc1cc(C2CCCC2)c(OC(=O)OC)cc1[N+](=O)[O-]. The van der Waals surface area contributed by atoms with Gasteiger partial charge in [0.05, 0.1) is 24.7 Å². The first-order valence-electron chi connectivity index (χ1n) is 8.68. The first-order valence-corrected chi connectivity index (χ1v) is 8.68. The lowest BCUT2D eigenvalue weighted by molar-refractivity contribution is -0.385. The molecule has 0 amide bonds. The zero-order chi connectivity index (χ0) is 19.1. The van der Waals surface area contributed by atoms with Crippen LogP contribution < -0.4 is 4.74 Å². The molecule has 0 atom stereocenters. The van der Waals surface area contributed by atoms with Gasteiger partial charge in [-0.1, -0.05) is 12.8 Å². The van der Waals surface area contributed by atoms with Crippen molar-refractivity contribution in [3.8, 4) is 5.75 Å². The molecule has 0 N–H and O–H groups in total. The minimum Gasteiger partial charge on any atom is -0.466 e. The topological polar surface area (TPSA) is 105 Å². The fourth-order valence-corrected chi connectivity index (χ4v) is 3.25. The van der Waals surface area contributed by atoms with Gasteiger partial charge in [0.15, 0.2) is 0 Å². The minimum absolute atomic E-state index is 0.0516. The summed E-state index contributed by atoms with van der Waals surface area (Å²) in [4.78, 5) is 34.0. The third kappa shape index (κ3) is 4.93. The fraction of sp³-hybridized carbons (Fsp3) is 0.556. The van der Waals surface area contributed by atoms with Gasteiger partial charge in [0.25, 0.3) is 5.69 Å². The van der Waals surface area contributed by atoms with Crippen LogP contribution in [0.5, 0.6) is 5.75 Å². The Balaban J connectivity index is 2.38. The van der Waals surface area contributed by atoms with E-state index in [0.29, 0.717) is 5.56 Å². The summed E-state index contributed by atoms with van der Waals surface area (Å²) in [7, 11) is 1.18. The molecule has 142 valence electrons. The average molecular weight is 365 g/mol. The largest absolute Gasteiger partial charge is 0.513 e. The zero-order valence-corrected chi connectivity index (χ0v) is 15.0. The van der Waals surface area contributed by atoms with Crippen molar-refractivity contribution in [3.63, 3.8) is 0 Å². The van der Waals surface area contributed by atoms with Crippen molar-refractivity contribution in [1.29, 1.82) is 0 Å². The lowest BCUT2D eigenvalue weighted by Gasteiger charge is -2.16. The Morgan fingerprint density at radius 1 is 1.27 bits per heavy atom. The maximum atomic E-state index is 11.6. The molecule has 0 aliphatic heterocycles. The highest BCUT2D eigenvalue weighted by atomic mass is 16.7. The summed E-state index contributed by atoms with van der Waals surface area (Å²) < 4.78 is 14.6. The predicted molar refractivity (Wildman–Crippen MR) is 92.3 cm³/mol. The smallest absolute Gasteiger partial charge is 0.466 e. The normalized spacial score (nSPS) is 14.1. The molecule has 8 heteroatoms. The maximum absolute atomic E-state index is 11.6. The second-order valence-electron chi connectivity index (χ2n) is 6.12. The Morgan fingerprint density at radius 2 is 1.96 bits per heavy atom. The predicted octanol–water partition coefficient (Wildman–Crippen LogP) is 3.89. The lowest BCUT2D eigenvalue weighted by atomic mass is 9.93. The molecule has 26 heavy (non-hydrogen) atoms. The van der Waals surface area contributed by atoms with Gasteiger partial charge in [-0.05, 0) is 43.7 Å². The number of hydrogen-bond donors (Lipinski definition) is 0. The number of hydrogen-bond acceptors (Lipinski definition) is 7. The van der Waals surface area contributed by atoms with E-state index < -0.39 is 17.0 Å². The van der Waals surface area contributed by atoms with E-state index in [1.54, 1.807) is 13.0 Å². The van der Waals surface area contributed by atoms with Crippen molar-refractivity contribution in [3.05, 3.63) is 33.4 Å². The summed E-state index contributed by atoms with van der Waals surface area (Å²) in [5.41, 5.74) is 0.995. The summed E-state index contributed by atoms with van der Waals surface area (Å²) in [6.45, 7) is 1.97. The van der Waals surface area contributed by atoms with Crippen molar-refractivity contribution < 1.29 is 28.7 Å². The number of carbonyl (C=O) groups is 2. The highest BCUT2D eigenvalue weighted by molar-refractivity contribution is 5.70. The standard InChI is InChI=1S/C18H23NO7/c1-3-25-17(20)9-8-13-10-14(12-6-4-5-7-12)16(26-18(21)24-2)11-15(13)19(22)23/h10-12H,3-9H2,1-2H3. The van der Waals surface area contributed by atoms with E-state index in [0.717, 1.165) is 31.2 Å². The van der Waals surface area contributed by atoms with Crippen molar-refractivity contribution in [2.45, 2.75) is 51.4 Å². The van der Waals surface area contributed by atoms with E-state index in [4.69, 9.17) is 9.47 Å². The molecule has 1 aliphatic rings. The molecule has 1 fully saturated rings. The van der Waals surface area contributed by atoms with E-state index in [9.17, 15) is 19.7 Å². The molecule has 0 radical (unpaired) electrons. The molecule has 1 aromatic rings. The molecule has 1 aromatic carbocycles. The monoisotopic (exact) mass is 365 g/mol. The van der Waals surface area contributed by atoms with Crippen LogP contribution in [0.1, 0.15) is 56.1 Å². The number of benzene rings is 1. The number of methoxy groups -OCH3 is 1. The quantitative estimate of drug-likeness (QED) is 0.312. The molecule has 0 bridgehead atoms. The number of carbonyl (C=O) groups excluding carboxylic acids is 2. The second-order valence-corrected chi connectivity index (χ2v) is 6.12. The number of esters is 1. The second kappa shape index (κ2) is 9.17. The summed E-state index contributed by atoms with van der Waals surface area (Å²) >= 11 is 0. The minimum atomic E-state index is -0.919. The third-order valence-corrected chi connectivity index (χ3v) is 4.47. The molecule has 0 heterocycles. The van der Waals surface area contributed by atoms with Crippen LogP contribution in [0.3, 0.4) is 0 Å². The molecule has 0 spiro atoms. The van der Waals surface area contributed by atoms with Crippen LogP contribution in [0.4, 0.5) is 10.5 Å². The summed E-state index contributed by atoms with van der Waals surface area (Å²) in [5, 5.41) is 11.4. The van der Waals surface area contributed by atoms with Crippen molar-refractivity contribution in [2.24, 2.45) is 0 Å². The Hall–Kier alpha value is -2.64. The lowest BCUT2D eigenvalue weighted by Crippen LogP contribution is -2.12. The van der Waals surface area contributed by atoms with Crippen LogP contribution in [0, 0.1) is 10.1 Å². The molecule has 1 saturated carbocycles. The Morgan fingerprint density at radius 3 is 2.54 bits per heavy atom. The van der Waals surface area contributed by atoms with Crippen LogP contribution in [-0.4, -0.2) is 30.8 Å². The molecular formula is C18H23NO7. The average Bonchev–Trinajstić information content (AvgIpc) is 3.14. The number of nitro benzene ring substituents is 1. The van der Waals surface area contributed by atoms with E-state index >= 15 is 0 Å². The van der Waals surface area contributed by atoms with Gasteiger partial charge in [-0.15, -0.1) is 0 Å². The molecule has 8 nitrogen and oxygen atoms in total. The van der Waals surface area contributed by atoms with Gasteiger partial charge in [0.1, 0.15) is 5.75 Å². The van der Waals surface area contributed by atoms with Crippen LogP contribution in [0.2, 0.25) is 0 Å². The number of aryl methyl sites for hydroxylation is 1. The highest BCUT2D eigenvalue weighted by Gasteiger charge is 2.27. The van der Waals surface area contributed by atoms with Gasteiger partial charge >= 0.3 is 12.1 Å². The number of nitro groups is 1. The van der Waals surface area contributed by atoms with Gasteiger partial charge in [-0.2, -0.15) is 0 Å². The number of nitrogens with zero attached hydrogens (tertiary/aromatic N) is 1. The maximum Gasteiger partial charge on any atom is 0.513 e. The van der Waals surface area contributed by atoms with Crippen LogP contribution in [0.15, 0.2) is 12.1 Å². The van der Waals surface area contributed by atoms with Crippen LogP contribution >= 0.6 is 0 Å². The van der Waals surface area contributed by atoms with Gasteiger partial charge in [-0.25, -0.2) is 4.79 Å². The van der Waals surface area contributed by atoms with Crippen molar-refractivity contribution in [2.75, 3.05) is 13.7 Å². The van der Waals surface area contributed by atoms with Crippen molar-refractivity contribution >= 4 is 17.8 Å². The first-order chi connectivity index (χ1) is 12.5.